The van der Waals surface area contributed by atoms with Crippen LogP contribution in [0.1, 0.15) is 6.42 Å². The zero-order chi connectivity index (χ0) is 7.19. The van der Waals surface area contributed by atoms with Crippen molar-refractivity contribution < 1.29 is 9.84 Å². The summed E-state index contributed by atoms with van der Waals surface area (Å²) in [6.45, 7) is 0. The zero-order valence-electron chi connectivity index (χ0n) is 5.32. The van der Waals surface area contributed by atoms with Crippen molar-refractivity contribution in [2.75, 3.05) is 0 Å². The van der Waals surface area contributed by atoms with Crippen molar-refractivity contribution >= 4 is 0 Å². The molecule has 2 heterocycles. The Kier molecular flexibility index (Phi) is 0.942. The lowest BCUT2D eigenvalue weighted by atomic mass is 9.91. The van der Waals surface area contributed by atoms with Gasteiger partial charge in [0.25, 0.3) is 0 Å². The molecule has 2 aliphatic heterocycles. The summed E-state index contributed by atoms with van der Waals surface area (Å²) in [6.07, 6.45) is 3.63. The van der Waals surface area contributed by atoms with Crippen LogP contribution < -0.4 is 0 Å². The van der Waals surface area contributed by atoms with E-state index in [0.717, 1.165) is 0 Å². The predicted molar refractivity (Wildman–Crippen MR) is 33.0 cm³/mol. The number of hydrogen-bond acceptors (Lipinski definition) is 3. The fourth-order valence-electron chi connectivity index (χ4n) is 1.42. The monoisotopic (exact) mass is 137 g/mol. The van der Waals surface area contributed by atoms with Crippen LogP contribution in [0.25, 0.3) is 0 Å². The molecule has 52 valence electrons. The second-order valence-electron chi connectivity index (χ2n) is 2.72. The average Bonchev–Trinajstić information content (AvgIpc) is 2.46. The molecule has 1 saturated heterocycles. The fraction of sp³-hybridized carbons (Fsp3) is 0.571. The largest absolute Gasteiger partial charge is 0.373 e. The molecule has 0 saturated carbocycles. The minimum atomic E-state index is -1.25. The highest BCUT2D eigenvalue weighted by molar-refractivity contribution is 5.24. The molecule has 0 aliphatic carbocycles. The summed E-state index contributed by atoms with van der Waals surface area (Å²) in [5.74, 6) is 0. The van der Waals surface area contributed by atoms with E-state index in [1.165, 1.54) is 0 Å². The second kappa shape index (κ2) is 1.60. The highest BCUT2D eigenvalue weighted by Gasteiger charge is 2.48. The zero-order valence-corrected chi connectivity index (χ0v) is 5.32. The minimum absolute atomic E-state index is 0.0327. The van der Waals surface area contributed by atoms with Crippen LogP contribution in [0.3, 0.4) is 0 Å². The van der Waals surface area contributed by atoms with Gasteiger partial charge >= 0.3 is 0 Å². The molecule has 3 nitrogen and oxygen atoms in total. The lowest BCUT2D eigenvalue weighted by Crippen LogP contribution is -2.35. The summed E-state index contributed by atoms with van der Waals surface area (Å²) in [4.78, 5) is 0. The highest BCUT2D eigenvalue weighted by atomic mass is 16.5. The molecule has 10 heavy (non-hydrogen) atoms. The molecule has 1 N–H and O–H groups in total. The van der Waals surface area contributed by atoms with Crippen molar-refractivity contribution in [3.63, 3.8) is 0 Å². The van der Waals surface area contributed by atoms with Crippen molar-refractivity contribution in [3.05, 3.63) is 12.2 Å². The van der Waals surface area contributed by atoms with Crippen LogP contribution in [-0.4, -0.2) is 22.9 Å². The smallest absolute Gasteiger partial charge is 0.183 e. The van der Waals surface area contributed by atoms with E-state index in [1.54, 1.807) is 6.08 Å². The van der Waals surface area contributed by atoms with Crippen molar-refractivity contribution in [3.8, 4) is 6.07 Å². The maximum absolute atomic E-state index is 9.45. The van der Waals surface area contributed by atoms with Gasteiger partial charge in [-0.25, -0.2) is 0 Å². The van der Waals surface area contributed by atoms with E-state index in [9.17, 15) is 5.11 Å². The first kappa shape index (κ1) is 5.90. The first-order valence-corrected chi connectivity index (χ1v) is 3.22. The number of fused-ring (bicyclic) bond motifs is 2. The molecule has 0 aromatic heterocycles. The molecule has 3 atom stereocenters. The Labute approximate surface area is 58.5 Å². The minimum Gasteiger partial charge on any atom is -0.373 e. The number of aliphatic hydroxyl groups is 1. The molecule has 0 amide bonds. The van der Waals surface area contributed by atoms with Crippen molar-refractivity contribution in [1.29, 1.82) is 5.26 Å². The van der Waals surface area contributed by atoms with Crippen LogP contribution in [0.5, 0.6) is 0 Å². The fourth-order valence-corrected chi connectivity index (χ4v) is 1.42. The molecule has 2 bridgehead atoms. The Morgan fingerprint density at radius 3 is 2.80 bits per heavy atom. The van der Waals surface area contributed by atoms with E-state index in [2.05, 4.69) is 0 Å². The topological polar surface area (TPSA) is 53.2 Å². The number of nitriles is 1. The van der Waals surface area contributed by atoms with Gasteiger partial charge in [-0.2, -0.15) is 5.26 Å². The Balaban J connectivity index is 2.33. The summed E-state index contributed by atoms with van der Waals surface area (Å²) in [5.41, 5.74) is -1.25. The lowest BCUT2D eigenvalue weighted by Gasteiger charge is -2.17. The van der Waals surface area contributed by atoms with Crippen LogP contribution in [0.4, 0.5) is 0 Å². The first-order chi connectivity index (χ1) is 4.74. The molecule has 0 aromatic rings. The van der Waals surface area contributed by atoms with Gasteiger partial charge < -0.3 is 9.84 Å². The predicted octanol–water partition coefficient (Wildman–Crippen LogP) is -0.0316. The Hall–Kier alpha value is -0.850. The lowest BCUT2D eigenvalue weighted by molar-refractivity contribution is 0.0293. The Morgan fingerprint density at radius 1 is 1.70 bits per heavy atom. The van der Waals surface area contributed by atoms with Gasteiger partial charge in [0.05, 0.1) is 6.10 Å². The van der Waals surface area contributed by atoms with Gasteiger partial charge in [-0.05, 0) is 0 Å². The Morgan fingerprint density at radius 2 is 2.50 bits per heavy atom. The summed E-state index contributed by atoms with van der Waals surface area (Å²) in [5, 5.41) is 18.0. The SMILES string of the molecule is N#C[C@]1(O)C[C@@H]2C=C[C@H]1O2. The number of rotatable bonds is 0. The molecule has 1 fully saturated rings. The Bertz CT molecular complexity index is 230. The third kappa shape index (κ3) is 0.551. The van der Waals surface area contributed by atoms with Gasteiger partial charge in [0.15, 0.2) is 5.60 Å². The van der Waals surface area contributed by atoms with E-state index in [-0.39, 0.29) is 12.2 Å². The molecule has 0 spiro atoms. The molecular weight excluding hydrogens is 130 g/mol. The van der Waals surface area contributed by atoms with E-state index in [1.807, 2.05) is 12.1 Å². The van der Waals surface area contributed by atoms with Gasteiger partial charge in [0, 0.05) is 6.42 Å². The van der Waals surface area contributed by atoms with Crippen molar-refractivity contribution in [2.24, 2.45) is 0 Å². The number of hydrogen-bond donors (Lipinski definition) is 1. The van der Waals surface area contributed by atoms with Crippen molar-refractivity contribution in [1.82, 2.24) is 0 Å². The van der Waals surface area contributed by atoms with Crippen LogP contribution >= 0.6 is 0 Å². The molecule has 3 heteroatoms. The van der Waals surface area contributed by atoms with Crippen LogP contribution in [0, 0.1) is 11.3 Å². The molecule has 0 radical (unpaired) electrons. The van der Waals surface area contributed by atoms with Crippen molar-refractivity contribution in [2.45, 2.75) is 24.2 Å². The molecule has 2 rings (SSSR count). The maximum Gasteiger partial charge on any atom is 0.183 e. The molecule has 0 aromatic carbocycles. The summed E-state index contributed by atoms with van der Waals surface area (Å²) in [7, 11) is 0. The van der Waals surface area contributed by atoms with E-state index in [4.69, 9.17) is 10.00 Å². The van der Waals surface area contributed by atoms with Crippen LogP contribution in [0.15, 0.2) is 12.2 Å². The number of nitrogens with zero attached hydrogens (tertiary/aromatic N) is 1. The maximum atomic E-state index is 9.45. The number of ether oxygens (including phenoxy) is 1. The normalized spacial score (nSPS) is 49.6. The summed E-state index contributed by atoms with van der Waals surface area (Å²) >= 11 is 0. The van der Waals surface area contributed by atoms with Gasteiger partial charge in [0.1, 0.15) is 12.2 Å². The van der Waals surface area contributed by atoms with Crippen LogP contribution in [0.2, 0.25) is 0 Å². The van der Waals surface area contributed by atoms with Crippen LogP contribution in [-0.2, 0) is 4.74 Å². The summed E-state index contributed by atoms with van der Waals surface area (Å²) in [6, 6.07) is 1.85. The highest BCUT2D eigenvalue weighted by Crippen LogP contribution is 2.36. The van der Waals surface area contributed by atoms with E-state index < -0.39 is 5.60 Å². The van der Waals surface area contributed by atoms with E-state index >= 15 is 0 Å². The third-order valence-corrected chi connectivity index (χ3v) is 2.00. The molecule has 0 unspecified atom stereocenters. The quantitative estimate of drug-likeness (QED) is 0.376. The third-order valence-electron chi connectivity index (χ3n) is 2.00. The van der Waals surface area contributed by atoms with Gasteiger partial charge in [-0.15, -0.1) is 0 Å². The molecule has 2 aliphatic rings. The van der Waals surface area contributed by atoms with Gasteiger partial charge in [-0.3, -0.25) is 0 Å². The second-order valence-corrected chi connectivity index (χ2v) is 2.72. The molecular formula is C7H7NO2. The van der Waals surface area contributed by atoms with Gasteiger partial charge in [-0.1, -0.05) is 12.2 Å². The van der Waals surface area contributed by atoms with E-state index in [0.29, 0.717) is 6.42 Å². The summed E-state index contributed by atoms with van der Waals surface area (Å²) < 4.78 is 5.20. The standard InChI is InChI=1S/C7H7NO2/c8-4-7(9)3-5-1-2-6(7)10-5/h1-2,5-6,9H,3H2/t5-,6+,7+/m0/s1. The average molecular weight is 137 g/mol. The first-order valence-electron chi connectivity index (χ1n) is 3.22. The van der Waals surface area contributed by atoms with Gasteiger partial charge in [0.2, 0.25) is 0 Å².